The lowest BCUT2D eigenvalue weighted by molar-refractivity contribution is -0.215. The molecule has 0 amide bonds. The van der Waals surface area contributed by atoms with Gasteiger partial charge in [0.05, 0.1) is 12.8 Å². The molecule has 49 heteroatoms. The van der Waals surface area contributed by atoms with Crippen LogP contribution >= 0.6 is 0 Å². The summed E-state index contributed by atoms with van der Waals surface area (Å²) in [6.45, 7) is -15.2. The molecule has 0 rings (SSSR count). The Kier molecular flexibility index (Phi) is 44.9. The predicted octanol–water partition coefficient (Wildman–Crippen LogP) is -2.59. The van der Waals surface area contributed by atoms with Gasteiger partial charge in [-0.05, 0) is 47.6 Å². The average Bonchev–Trinajstić information content (AvgIpc) is 0.804. The van der Waals surface area contributed by atoms with Crippen molar-refractivity contribution in [2.75, 3.05) is 79.3 Å². The van der Waals surface area contributed by atoms with Crippen LogP contribution in [0.1, 0.15) is 54.4 Å². The van der Waals surface area contributed by atoms with Gasteiger partial charge in [-0.3, -0.25) is 38.4 Å². The Morgan fingerprint density at radius 3 is 0.608 bits per heavy atom. The van der Waals surface area contributed by atoms with Crippen LogP contribution in [0.2, 0.25) is 0 Å². The van der Waals surface area contributed by atoms with Crippen molar-refractivity contribution in [1.82, 2.24) is 0 Å². The minimum absolute atomic E-state index is 0.145. The highest BCUT2D eigenvalue weighted by atomic mass is 16.7. The van der Waals surface area contributed by atoms with Crippen LogP contribution in [0.3, 0.4) is 0 Å². The summed E-state index contributed by atoms with van der Waals surface area (Å²) >= 11 is 0. The summed E-state index contributed by atoms with van der Waals surface area (Å²) in [7, 11) is 0. The topological polar surface area (TPSA) is 747 Å². The first kappa shape index (κ1) is 105. The number of carbonyl (C=O) groups is 25. The van der Waals surface area contributed by atoms with Gasteiger partial charge in [-0.2, -0.15) is 0 Å². The van der Waals surface area contributed by atoms with Crippen LogP contribution in [0.4, 0.5) is 0 Å². The monoisotopic (exact) mass is 1710 g/mol. The highest BCUT2D eigenvalue weighted by Crippen LogP contribution is 2.32. The number of ether oxygens (including phenoxy) is 15. The molecular formula is C71H76O49. The van der Waals surface area contributed by atoms with Crippen LogP contribution in [0.15, 0.2) is 109 Å². The van der Waals surface area contributed by atoms with Crippen molar-refractivity contribution in [3.05, 3.63) is 109 Å². The molecule has 5 atom stereocenters. The molecule has 0 aromatic carbocycles. The summed E-state index contributed by atoms with van der Waals surface area (Å²) in [5.41, 5.74) is -14.7. The molecular weight excluding hydrogens is 1640 g/mol. The van der Waals surface area contributed by atoms with Crippen molar-refractivity contribution < 1.29 is 237 Å². The fraction of sp³-hybridized carbons (Fsp3) is 0.394. The van der Waals surface area contributed by atoms with E-state index < -0.39 is 287 Å². The predicted molar refractivity (Wildman–Crippen MR) is 373 cm³/mol. The molecule has 0 saturated carbocycles. The fourth-order valence-electron chi connectivity index (χ4n) is 7.40. The van der Waals surface area contributed by atoms with Crippen molar-refractivity contribution in [1.29, 1.82) is 0 Å². The highest BCUT2D eigenvalue weighted by molar-refractivity contribution is 5.97. The van der Waals surface area contributed by atoms with Gasteiger partial charge in [0.25, 0.3) is 0 Å². The largest absolute Gasteiger partial charge is 0.481 e. The van der Waals surface area contributed by atoms with Gasteiger partial charge >= 0.3 is 143 Å². The highest BCUT2D eigenvalue weighted by Gasteiger charge is 2.52. The molecule has 9 N–H and O–H groups in total. The van der Waals surface area contributed by atoms with Crippen LogP contribution in [-0.4, -0.2) is 293 Å². The molecule has 654 valence electrons. The maximum Gasteiger partial charge on any atom is 0.331 e. The van der Waals surface area contributed by atoms with Gasteiger partial charge in [-0.15, -0.1) is 0 Å². The molecule has 120 heavy (non-hydrogen) atoms. The van der Waals surface area contributed by atoms with Crippen molar-refractivity contribution in [3.8, 4) is 0 Å². The Balaban J connectivity index is 10.7. The fourth-order valence-corrected chi connectivity index (χ4v) is 7.40. The first-order chi connectivity index (χ1) is 55.7. The zero-order valence-corrected chi connectivity index (χ0v) is 63.4. The summed E-state index contributed by atoms with van der Waals surface area (Å²) in [4.78, 5) is 321. The normalized spacial score (nSPS) is 13.4. The van der Waals surface area contributed by atoms with E-state index in [-0.39, 0.29) is 97.2 Å². The molecule has 0 saturated heterocycles. The number of ketones is 1. The molecule has 0 heterocycles. The quantitative estimate of drug-likeness (QED) is 0.0171. The van der Waals surface area contributed by atoms with E-state index in [1.54, 1.807) is 0 Å². The Hall–Kier alpha value is -15.4. The molecule has 5 unspecified atom stereocenters. The lowest BCUT2D eigenvalue weighted by Gasteiger charge is -2.38. The molecule has 0 fully saturated rings. The smallest absolute Gasteiger partial charge is 0.331 e. The SMILES string of the molecule is CC(=O)/C=C\C(=O)OCC(C)(COC(=O)/C=C\C(=O)O)C(=O)OC(COC(=O)C(C)(COC(=O)/C=C\C(=O)O)COC(=O)/C=C\C(=O)O)C(OC(=O)C(C)(COC(=O)/C=C\C(=O)O)COC(=O)/C=C\C(=O)O)C(COC(=O)C(C)(COC(=O)/C=C\C(=O)O)COC(=O)CCC(=O)O)OC(=O)C(C)(COC(=O)/C=C\C(=O)O)COC(=O)/C=C\C(=O)O. The van der Waals surface area contributed by atoms with Gasteiger partial charge in [0.15, 0.2) is 24.1 Å². The lowest BCUT2D eigenvalue weighted by atomic mass is 9.91. The van der Waals surface area contributed by atoms with E-state index in [2.05, 4.69) is 0 Å². The molecule has 0 spiro atoms. The third-order valence-corrected chi connectivity index (χ3v) is 14.0. The zero-order valence-electron chi connectivity index (χ0n) is 63.4. The maximum absolute atomic E-state index is 15.6. The van der Waals surface area contributed by atoms with Crippen molar-refractivity contribution in [2.24, 2.45) is 27.1 Å². The number of hydrogen-bond donors (Lipinski definition) is 9. The number of carbonyl (C=O) groups excluding carboxylic acids is 16. The third-order valence-electron chi connectivity index (χ3n) is 14.0. The van der Waals surface area contributed by atoms with Gasteiger partial charge in [0, 0.05) is 103 Å². The van der Waals surface area contributed by atoms with Gasteiger partial charge in [-0.25, -0.2) is 81.5 Å². The van der Waals surface area contributed by atoms with E-state index in [1.165, 1.54) is 0 Å². The van der Waals surface area contributed by atoms with Crippen LogP contribution < -0.4 is 0 Å². The number of aliphatic carboxylic acids is 9. The summed E-state index contributed by atoms with van der Waals surface area (Å²) in [5, 5.41) is 83.1. The van der Waals surface area contributed by atoms with E-state index >= 15 is 14.4 Å². The minimum atomic E-state index is -3.35. The molecule has 0 aromatic rings. The average molecular weight is 1710 g/mol. The number of hydrogen-bond acceptors (Lipinski definition) is 40. The molecule has 0 aliphatic heterocycles. The first-order valence-electron chi connectivity index (χ1n) is 33.0. The zero-order chi connectivity index (χ0) is 91.9. The number of rotatable bonds is 55. The maximum atomic E-state index is 15.6. The molecule has 0 aromatic heterocycles. The van der Waals surface area contributed by atoms with Gasteiger partial charge < -0.3 is 117 Å². The standard InChI is InChI=1S/C71H76O49/c1-39(72)7-17-51(91)112-33-69(4,34-113-56(96)22-12-46(81)82)64(103)118-40(27-106-62(101)67(2,29-108-52(92)18-8-42(73)74)30-109-53(93)19-9-43(75)76)61(120-66(105)71(6,37-116-59(99)25-15-49(87)88)38-117-60(100)26-16-50(89)90)41(119-65(104)70(5,35-114-57(97)23-13-47(83)84)36-115-58(98)24-14-48(85)86)28-107-63(102)68(3,31-110-54(94)20-10-44(77)78)32-111-55(95)21-11-45(79)80/h7-10,12-20,22-26,40-41,61H,11,21,27-38H2,1-6H3,(H,73,74)(H,75,76)(H,77,78)(H,79,80)(H,81,82)(H,83,84)(H,85,86)(H,87,88)(H,89,90)/b17-7-,18-8-,19-9-,20-10-,22-12-,23-13-,24-14-,25-15-,26-16-. The first-order valence-corrected chi connectivity index (χ1v) is 33.0. The third kappa shape index (κ3) is 44.3. The summed E-state index contributed by atoms with van der Waals surface area (Å²) < 4.78 is 79.3. The molecule has 0 bridgehead atoms. The second-order valence-corrected chi connectivity index (χ2v) is 25.1. The molecule has 0 aliphatic carbocycles. The molecule has 0 aliphatic rings. The van der Waals surface area contributed by atoms with E-state index in [0.717, 1.165) is 6.92 Å². The van der Waals surface area contributed by atoms with E-state index in [4.69, 9.17) is 71.1 Å². The molecule has 49 nitrogen and oxygen atoms in total. The van der Waals surface area contributed by atoms with Crippen LogP contribution in [0.5, 0.6) is 0 Å². The van der Waals surface area contributed by atoms with E-state index in [9.17, 15) is 151 Å². The van der Waals surface area contributed by atoms with E-state index in [1.807, 2.05) is 0 Å². The van der Waals surface area contributed by atoms with Gasteiger partial charge in [0.1, 0.15) is 106 Å². The minimum Gasteiger partial charge on any atom is -0.481 e. The second kappa shape index (κ2) is 51.5. The summed E-state index contributed by atoms with van der Waals surface area (Å²) in [5.74, 6) is -43.8. The van der Waals surface area contributed by atoms with Crippen LogP contribution in [0.25, 0.3) is 0 Å². The Morgan fingerprint density at radius 1 is 0.233 bits per heavy atom. The Labute approximate surface area is 672 Å². The number of esters is 15. The van der Waals surface area contributed by atoms with Crippen LogP contribution in [0, 0.1) is 27.1 Å². The van der Waals surface area contributed by atoms with Gasteiger partial charge in [-0.1, -0.05) is 0 Å². The van der Waals surface area contributed by atoms with E-state index in [0.29, 0.717) is 46.8 Å². The summed E-state index contributed by atoms with van der Waals surface area (Å²) in [6.07, 6.45) is -7.69. The number of allylic oxidation sites excluding steroid dienone is 1. The van der Waals surface area contributed by atoms with Crippen molar-refractivity contribution in [3.63, 3.8) is 0 Å². The van der Waals surface area contributed by atoms with Crippen molar-refractivity contribution in [2.45, 2.75) is 72.7 Å². The summed E-state index contributed by atoms with van der Waals surface area (Å²) in [6, 6.07) is 0. The number of carboxylic acids is 9. The van der Waals surface area contributed by atoms with Gasteiger partial charge in [0.2, 0.25) is 0 Å². The molecule has 0 radical (unpaired) electrons. The second-order valence-electron chi connectivity index (χ2n) is 25.1. The Morgan fingerprint density at radius 2 is 0.417 bits per heavy atom. The Bertz CT molecular complexity index is 4040. The van der Waals surface area contributed by atoms with Crippen LogP contribution in [-0.2, 0) is 191 Å². The lowest BCUT2D eigenvalue weighted by Crippen LogP contribution is -2.55. The number of carboxylic acid groups (broad SMARTS) is 9. The van der Waals surface area contributed by atoms with Crippen molar-refractivity contribution >= 4 is 149 Å².